The lowest BCUT2D eigenvalue weighted by Gasteiger charge is -2.06. The Hall–Kier alpha value is -1.08. The first kappa shape index (κ1) is 16.3. The van der Waals surface area contributed by atoms with Crippen LogP contribution in [0.4, 0.5) is 5.69 Å². The van der Waals surface area contributed by atoms with E-state index in [9.17, 15) is 8.42 Å². The summed E-state index contributed by atoms with van der Waals surface area (Å²) in [5, 5.41) is 3.77. The molecule has 0 bridgehead atoms. The minimum absolute atomic E-state index is 0.322. The number of aryl methyl sites for hydroxylation is 1. The third-order valence-electron chi connectivity index (χ3n) is 2.89. The van der Waals surface area contributed by atoms with Crippen LogP contribution in [0.2, 0.25) is 5.02 Å². The van der Waals surface area contributed by atoms with Crippen molar-refractivity contribution in [3.8, 4) is 0 Å². The molecule has 1 aromatic carbocycles. The summed E-state index contributed by atoms with van der Waals surface area (Å²) in [6, 6.07) is 8.28. The highest BCUT2D eigenvalue weighted by molar-refractivity contribution is 7.94. The van der Waals surface area contributed by atoms with E-state index in [1.807, 2.05) is 13.8 Å². The van der Waals surface area contributed by atoms with Crippen LogP contribution in [0, 0.1) is 6.92 Å². The quantitative estimate of drug-likeness (QED) is 0.841. The lowest BCUT2D eigenvalue weighted by atomic mass is 10.3. The Morgan fingerprint density at radius 2 is 1.90 bits per heavy atom. The third-order valence-corrected chi connectivity index (χ3v) is 6.24. The van der Waals surface area contributed by atoms with E-state index in [1.165, 1.54) is 11.3 Å². The topological polar surface area (TPSA) is 58.2 Å². The Kier molecular flexibility index (Phi) is 5.27. The van der Waals surface area contributed by atoms with Crippen LogP contribution in [0.5, 0.6) is 0 Å². The van der Waals surface area contributed by atoms with Crippen LogP contribution >= 0.6 is 22.9 Å². The molecule has 1 aromatic heterocycles. The van der Waals surface area contributed by atoms with Gasteiger partial charge in [0.05, 0.1) is 0 Å². The summed E-state index contributed by atoms with van der Waals surface area (Å²) in [6.45, 7) is 5.47. The average Bonchev–Trinajstić information content (AvgIpc) is 2.81. The highest BCUT2D eigenvalue weighted by Gasteiger charge is 2.18. The van der Waals surface area contributed by atoms with E-state index in [0.29, 0.717) is 21.5 Å². The molecule has 21 heavy (non-hydrogen) atoms. The summed E-state index contributed by atoms with van der Waals surface area (Å²) in [4.78, 5) is 1.04. The molecule has 2 aromatic rings. The lowest BCUT2D eigenvalue weighted by Crippen LogP contribution is -2.11. The van der Waals surface area contributed by atoms with Crippen LogP contribution in [0.25, 0.3) is 0 Å². The first-order chi connectivity index (χ1) is 9.92. The minimum atomic E-state index is -3.56. The zero-order valence-electron chi connectivity index (χ0n) is 11.8. The van der Waals surface area contributed by atoms with Crippen LogP contribution in [-0.4, -0.2) is 15.0 Å². The maximum Gasteiger partial charge on any atom is 0.271 e. The van der Waals surface area contributed by atoms with Gasteiger partial charge in [0.1, 0.15) is 4.21 Å². The van der Waals surface area contributed by atoms with Crippen LogP contribution < -0.4 is 10.0 Å². The van der Waals surface area contributed by atoms with Gasteiger partial charge in [0.15, 0.2) is 0 Å². The number of hydrogen-bond acceptors (Lipinski definition) is 4. The molecule has 0 saturated heterocycles. The molecule has 2 N–H and O–H groups in total. The summed E-state index contributed by atoms with van der Waals surface area (Å²) < 4.78 is 27.6. The first-order valence-electron chi connectivity index (χ1n) is 6.51. The van der Waals surface area contributed by atoms with E-state index in [1.54, 1.807) is 30.3 Å². The Morgan fingerprint density at radius 3 is 2.52 bits per heavy atom. The van der Waals surface area contributed by atoms with Crippen molar-refractivity contribution in [2.24, 2.45) is 0 Å². The Balaban J connectivity index is 2.21. The van der Waals surface area contributed by atoms with Crippen molar-refractivity contribution in [3.05, 3.63) is 45.8 Å². The normalized spacial score (nSPS) is 11.6. The molecule has 0 aliphatic heterocycles. The van der Waals surface area contributed by atoms with Gasteiger partial charge in [-0.25, -0.2) is 8.42 Å². The molecule has 2 rings (SSSR count). The van der Waals surface area contributed by atoms with Gasteiger partial charge in [0, 0.05) is 22.1 Å². The first-order valence-corrected chi connectivity index (χ1v) is 9.18. The standard InChI is InChI=1S/C14H17ClN2O2S2/c1-3-16-9-13-10(2)8-14(20-13)21(18,19)17-12-6-4-11(15)5-7-12/h4-8,16-17H,3,9H2,1-2H3. The summed E-state index contributed by atoms with van der Waals surface area (Å²) in [5.74, 6) is 0. The van der Waals surface area contributed by atoms with Gasteiger partial charge in [-0.15, -0.1) is 11.3 Å². The van der Waals surface area contributed by atoms with E-state index >= 15 is 0 Å². The molecule has 0 atom stereocenters. The largest absolute Gasteiger partial charge is 0.312 e. The highest BCUT2D eigenvalue weighted by Crippen LogP contribution is 2.28. The lowest BCUT2D eigenvalue weighted by molar-refractivity contribution is 0.603. The van der Waals surface area contributed by atoms with Crippen LogP contribution in [0.15, 0.2) is 34.5 Å². The average molecular weight is 345 g/mol. The molecular weight excluding hydrogens is 328 g/mol. The number of anilines is 1. The molecule has 0 saturated carbocycles. The van der Waals surface area contributed by atoms with Crippen LogP contribution in [-0.2, 0) is 16.6 Å². The van der Waals surface area contributed by atoms with Gasteiger partial charge >= 0.3 is 0 Å². The summed E-state index contributed by atoms with van der Waals surface area (Å²) in [5.41, 5.74) is 1.48. The maximum absolute atomic E-state index is 12.4. The molecule has 4 nitrogen and oxygen atoms in total. The molecule has 0 aliphatic carbocycles. The monoisotopic (exact) mass is 344 g/mol. The smallest absolute Gasteiger partial charge is 0.271 e. The second kappa shape index (κ2) is 6.79. The zero-order valence-corrected chi connectivity index (χ0v) is 14.2. The number of rotatable bonds is 6. The van der Waals surface area contributed by atoms with Gasteiger partial charge in [0.25, 0.3) is 10.0 Å². The fraction of sp³-hybridized carbons (Fsp3) is 0.286. The number of benzene rings is 1. The highest BCUT2D eigenvalue weighted by atomic mass is 35.5. The molecule has 114 valence electrons. The second-order valence-electron chi connectivity index (χ2n) is 4.56. The number of nitrogens with one attached hydrogen (secondary N) is 2. The number of hydrogen-bond donors (Lipinski definition) is 2. The molecule has 0 aliphatic rings. The predicted molar refractivity (Wildman–Crippen MR) is 88.7 cm³/mol. The van der Waals surface area contributed by atoms with Crippen molar-refractivity contribution in [3.63, 3.8) is 0 Å². The van der Waals surface area contributed by atoms with Crippen molar-refractivity contribution in [1.29, 1.82) is 0 Å². The van der Waals surface area contributed by atoms with Gasteiger partial charge in [-0.2, -0.15) is 0 Å². The van der Waals surface area contributed by atoms with Crippen molar-refractivity contribution in [2.45, 2.75) is 24.6 Å². The Bertz CT molecular complexity index is 709. The number of halogens is 1. The molecule has 7 heteroatoms. The van der Waals surface area contributed by atoms with E-state index < -0.39 is 10.0 Å². The van der Waals surface area contributed by atoms with E-state index in [0.717, 1.165) is 17.0 Å². The fourth-order valence-electron chi connectivity index (χ4n) is 1.76. The predicted octanol–water partition coefficient (Wildman–Crippen LogP) is 3.62. The zero-order chi connectivity index (χ0) is 15.5. The van der Waals surface area contributed by atoms with Crippen LogP contribution in [0.3, 0.4) is 0 Å². The van der Waals surface area contributed by atoms with E-state index in [-0.39, 0.29) is 0 Å². The second-order valence-corrected chi connectivity index (χ2v) is 8.05. The van der Waals surface area contributed by atoms with Gasteiger partial charge in [-0.1, -0.05) is 18.5 Å². The van der Waals surface area contributed by atoms with Crippen molar-refractivity contribution in [1.82, 2.24) is 5.32 Å². The van der Waals surface area contributed by atoms with Crippen molar-refractivity contribution >= 4 is 38.6 Å². The maximum atomic E-state index is 12.4. The molecule has 0 unspecified atom stereocenters. The van der Waals surface area contributed by atoms with Gasteiger partial charge in [-0.05, 0) is 49.4 Å². The number of thiophene rings is 1. The van der Waals surface area contributed by atoms with Gasteiger partial charge in [0.2, 0.25) is 0 Å². The summed E-state index contributed by atoms with van der Waals surface area (Å²) >= 11 is 7.08. The SMILES string of the molecule is CCNCc1sc(S(=O)(=O)Nc2ccc(Cl)cc2)cc1C. The molecule has 0 amide bonds. The Labute approximate surface area is 134 Å². The molecule has 0 spiro atoms. The van der Waals surface area contributed by atoms with E-state index in [2.05, 4.69) is 10.0 Å². The third kappa shape index (κ3) is 4.20. The molecule has 0 radical (unpaired) electrons. The van der Waals surface area contributed by atoms with Gasteiger partial charge in [-0.3, -0.25) is 4.72 Å². The summed E-state index contributed by atoms with van der Waals surface area (Å²) in [6.07, 6.45) is 0. The minimum Gasteiger partial charge on any atom is -0.312 e. The van der Waals surface area contributed by atoms with Gasteiger partial charge < -0.3 is 5.32 Å². The van der Waals surface area contributed by atoms with Crippen LogP contribution in [0.1, 0.15) is 17.4 Å². The summed E-state index contributed by atoms with van der Waals surface area (Å²) in [7, 11) is -3.56. The fourth-order valence-corrected chi connectivity index (χ4v) is 4.50. The van der Waals surface area contributed by atoms with Crippen molar-refractivity contribution in [2.75, 3.05) is 11.3 Å². The van der Waals surface area contributed by atoms with E-state index in [4.69, 9.17) is 11.6 Å². The number of sulfonamides is 1. The Morgan fingerprint density at radius 1 is 1.24 bits per heavy atom. The molecule has 1 heterocycles. The van der Waals surface area contributed by atoms with Crippen molar-refractivity contribution < 1.29 is 8.42 Å². The molecular formula is C14H17ClN2O2S2. The molecule has 0 fully saturated rings.